The zero-order valence-corrected chi connectivity index (χ0v) is 22.1. The van der Waals surface area contributed by atoms with E-state index < -0.39 is 11.8 Å². The fourth-order valence-electron chi connectivity index (χ4n) is 3.85. The van der Waals surface area contributed by atoms with Crippen LogP contribution >= 0.6 is 11.8 Å². The van der Waals surface area contributed by atoms with Crippen LogP contribution in [0.4, 0.5) is 5.69 Å². The molecule has 0 aliphatic carbocycles. The van der Waals surface area contributed by atoms with Gasteiger partial charge in [0.25, 0.3) is 17.7 Å². The normalized spacial score (nSPS) is 14.6. The van der Waals surface area contributed by atoms with E-state index in [9.17, 15) is 14.4 Å². The van der Waals surface area contributed by atoms with E-state index in [1.165, 1.54) is 38.1 Å². The molecule has 38 heavy (non-hydrogen) atoms. The Labute approximate surface area is 224 Å². The summed E-state index contributed by atoms with van der Waals surface area (Å²) in [6.45, 7) is 0. The number of nitrogens with one attached hydrogen (secondary N) is 2. The standard InChI is InChI=1S/C27H27N3O7S/c1-34-20-11-7-17(8-12-20)27-30(23(31)15-38-27)29-26(33)16-5-9-19(10-6-16)28-25(32)18-13-21(35-2)24(37-4)22(14-18)36-3/h5-14,27H,15H2,1-4H3,(H,28,32)(H,29,33). The molecule has 11 heteroatoms. The summed E-state index contributed by atoms with van der Waals surface area (Å²) < 4.78 is 21.1. The summed E-state index contributed by atoms with van der Waals surface area (Å²) in [5, 5.41) is 3.77. The molecule has 1 aliphatic heterocycles. The molecule has 4 rings (SSSR count). The topological polar surface area (TPSA) is 115 Å². The number of carbonyl (C=O) groups excluding carboxylic acids is 3. The maximum atomic E-state index is 12.9. The first-order valence-electron chi connectivity index (χ1n) is 11.5. The summed E-state index contributed by atoms with van der Waals surface area (Å²) in [7, 11) is 6.00. The number of hydrazine groups is 1. The van der Waals surface area contributed by atoms with Crippen molar-refractivity contribution in [1.82, 2.24) is 10.4 Å². The zero-order chi connectivity index (χ0) is 27.2. The van der Waals surface area contributed by atoms with E-state index in [4.69, 9.17) is 18.9 Å². The van der Waals surface area contributed by atoms with Crippen molar-refractivity contribution >= 4 is 35.2 Å². The summed E-state index contributed by atoms with van der Waals surface area (Å²) in [4.78, 5) is 38.3. The minimum atomic E-state index is -0.443. The molecule has 10 nitrogen and oxygen atoms in total. The molecule has 0 aromatic heterocycles. The van der Waals surface area contributed by atoms with E-state index in [1.54, 1.807) is 43.5 Å². The number of ether oxygens (including phenoxy) is 4. The van der Waals surface area contributed by atoms with Gasteiger partial charge in [-0.15, -0.1) is 11.8 Å². The lowest BCUT2D eigenvalue weighted by atomic mass is 10.1. The second-order valence-corrected chi connectivity index (χ2v) is 9.16. The molecule has 1 atom stereocenters. The number of rotatable bonds is 9. The lowest BCUT2D eigenvalue weighted by molar-refractivity contribution is -0.130. The summed E-state index contributed by atoms with van der Waals surface area (Å²) >= 11 is 1.42. The van der Waals surface area contributed by atoms with Crippen LogP contribution in [0, 0.1) is 0 Å². The highest BCUT2D eigenvalue weighted by Crippen LogP contribution is 2.39. The summed E-state index contributed by atoms with van der Waals surface area (Å²) in [5.41, 5.74) is 4.68. The molecular formula is C27H27N3O7S. The highest BCUT2D eigenvalue weighted by atomic mass is 32.2. The molecule has 1 unspecified atom stereocenters. The molecule has 3 aromatic rings. The highest BCUT2D eigenvalue weighted by Gasteiger charge is 2.34. The quantitative estimate of drug-likeness (QED) is 0.423. The van der Waals surface area contributed by atoms with Gasteiger partial charge in [-0.05, 0) is 54.1 Å². The summed E-state index contributed by atoms with van der Waals surface area (Å²) in [6.07, 6.45) is 0. The van der Waals surface area contributed by atoms with Gasteiger partial charge in [-0.1, -0.05) is 12.1 Å². The van der Waals surface area contributed by atoms with Gasteiger partial charge in [0.05, 0.1) is 34.2 Å². The second-order valence-electron chi connectivity index (χ2n) is 8.09. The molecule has 1 heterocycles. The van der Waals surface area contributed by atoms with Crippen molar-refractivity contribution in [2.75, 3.05) is 39.5 Å². The molecule has 1 fully saturated rings. The Morgan fingerprint density at radius 1 is 0.816 bits per heavy atom. The molecule has 198 valence electrons. The van der Waals surface area contributed by atoms with Crippen molar-refractivity contribution < 1.29 is 33.3 Å². The molecule has 0 saturated carbocycles. The maximum Gasteiger partial charge on any atom is 0.269 e. The Morgan fingerprint density at radius 3 is 2.00 bits per heavy atom. The third-order valence-electron chi connectivity index (χ3n) is 5.82. The van der Waals surface area contributed by atoms with Crippen molar-refractivity contribution in [3.05, 3.63) is 77.4 Å². The number of nitrogens with zero attached hydrogens (tertiary/aromatic N) is 1. The number of carbonyl (C=O) groups is 3. The third-order valence-corrected chi connectivity index (χ3v) is 7.04. The van der Waals surface area contributed by atoms with Gasteiger partial charge >= 0.3 is 0 Å². The number of anilines is 1. The van der Waals surface area contributed by atoms with E-state index >= 15 is 0 Å². The third kappa shape index (κ3) is 5.62. The molecule has 0 spiro atoms. The maximum absolute atomic E-state index is 12.9. The lowest BCUT2D eigenvalue weighted by Crippen LogP contribution is -2.44. The number of hydrogen-bond acceptors (Lipinski definition) is 8. The van der Waals surface area contributed by atoms with E-state index in [-0.39, 0.29) is 17.0 Å². The first-order valence-corrected chi connectivity index (χ1v) is 12.5. The van der Waals surface area contributed by atoms with Crippen LogP contribution in [0.5, 0.6) is 23.0 Å². The predicted molar refractivity (Wildman–Crippen MR) is 143 cm³/mol. The number of hydrogen-bond donors (Lipinski definition) is 2. The molecule has 0 bridgehead atoms. The first kappa shape index (κ1) is 26.7. The van der Waals surface area contributed by atoms with Gasteiger partial charge < -0.3 is 24.3 Å². The SMILES string of the molecule is COc1ccc(C2SCC(=O)N2NC(=O)c2ccc(NC(=O)c3cc(OC)c(OC)c(OC)c3)cc2)cc1. The molecule has 3 aromatic carbocycles. The monoisotopic (exact) mass is 537 g/mol. The smallest absolute Gasteiger partial charge is 0.269 e. The number of thioether (sulfide) groups is 1. The molecule has 2 N–H and O–H groups in total. The van der Waals surface area contributed by atoms with Crippen LogP contribution in [0.15, 0.2) is 60.7 Å². The fraction of sp³-hybridized carbons (Fsp3) is 0.222. The van der Waals surface area contributed by atoms with Crippen LogP contribution < -0.4 is 29.7 Å². The average Bonchev–Trinajstić information content (AvgIpc) is 3.31. The van der Waals surface area contributed by atoms with Crippen LogP contribution in [0.2, 0.25) is 0 Å². The van der Waals surface area contributed by atoms with Crippen molar-refractivity contribution in [2.45, 2.75) is 5.37 Å². The summed E-state index contributed by atoms with van der Waals surface area (Å²) in [6, 6.07) is 16.8. The predicted octanol–water partition coefficient (Wildman–Crippen LogP) is 3.89. The number of benzene rings is 3. The van der Waals surface area contributed by atoms with Crippen LogP contribution in [0.25, 0.3) is 0 Å². The molecule has 1 saturated heterocycles. The van der Waals surface area contributed by atoms with Crippen LogP contribution in [-0.2, 0) is 4.79 Å². The Bertz CT molecular complexity index is 1300. The van der Waals surface area contributed by atoms with Crippen molar-refractivity contribution in [3.63, 3.8) is 0 Å². The fourth-order valence-corrected chi connectivity index (χ4v) is 4.96. The van der Waals surface area contributed by atoms with Gasteiger partial charge in [-0.2, -0.15) is 0 Å². The average molecular weight is 538 g/mol. The van der Waals surface area contributed by atoms with E-state index in [0.29, 0.717) is 39.8 Å². The first-order chi connectivity index (χ1) is 18.4. The van der Waals surface area contributed by atoms with Crippen molar-refractivity contribution in [2.24, 2.45) is 0 Å². The van der Waals surface area contributed by atoms with E-state index in [1.807, 2.05) is 24.3 Å². The number of methoxy groups -OCH3 is 4. The van der Waals surface area contributed by atoms with Gasteiger partial charge in [0.2, 0.25) is 5.75 Å². The molecule has 0 radical (unpaired) electrons. The molecular weight excluding hydrogens is 510 g/mol. The van der Waals surface area contributed by atoms with Crippen LogP contribution in [0.1, 0.15) is 31.7 Å². The van der Waals surface area contributed by atoms with Crippen LogP contribution in [0.3, 0.4) is 0 Å². The molecule has 1 aliphatic rings. The van der Waals surface area contributed by atoms with E-state index in [0.717, 1.165) is 5.56 Å². The Balaban J connectivity index is 1.44. The Hall–Kier alpha value is -4.38. The van der Waals surface area contributed by atoms with Crippen molar-refractivity contribution in [3.8, 4) is 23.0 Å². The minimum Gasteiger partial charge on any atom is -0.497 e. The highest BCUT2D eigenvalue weighted by molar-refractivity contribution is 8.00. The van der Waals surface area contributed by atoms with Gasteiger partial charge in [0, 0.05) is 16.8 Å². The Kier molecular flexibility index (Phi) is 8.27. The second kappa shape index (κ2) is 11.8. The lowest BCUT2D eigenvalue weighted by Gasteiger charge is -2.24. The van der Waals surface area contributed by atoms with Gasteiger partial charge in [0.15, 0.2) is 11.5 Å². The number of amides is 3. The van der Waals surface area contributed by atoms with Gasteiger partial charge in [0.1, 0.15) is 11.1 Å². The van der Waals surface area contributed by atoms with Gasteiger partial charge in [-0.25, -0.2) is 5.01 Å². The molecule has 3 amide bonds. The minimum absolute atomic E-state index is 0.196. The zero-order valence-electron chi connectivity index (χ0n) is 21.3. The van der Waals surface area contributed by atoms with E-state index in [2.05, 4.69) is 10.7 Å². The Morgan fingerprint density at radius 2 is 1.45 bits per heavy atom. The van der Waals surface area contributed by atoms with Gasteiger partial charge in [-0.3, -0.25) is 19.8 Å². The van der Waals surface area contributed by atoms with Crippen LogP contribution in [-0.4, -0.2) is 56.9 Å². The largest absolute Gasteiger partial charge is 0.497 e. The summed E-state index contributed by atoms with van der Waals surface area (Å²) in [5.74, 6) is 1.01. The van der Waals surface area contributed by atoms with Crippen molar-refractivity contribution in [1.29, 1.82) is 0 Å².